The molecule has 0 bridgehead atoms. The number of piperidine rings is 1. The molecule has 2 aliphatic heterocycles. The Bertz CT molecular complexity index is 659. The molecule has 3 rings (SSSR count). The molecular weight excluding hydrogens is 328 g/mol. The van der Waals surface area contributed by atoms with E-state index in [-0.39, 0.29) is 17.9 Å². The van der Waals surface area contributed by atoms with Crippen LogP contribution in [-0.4, -0.2) is 61.0 Å². The lowest BCUT2D eigenvalue weighted by Gasteiger charge is -2.31. The summed E-state index contributed by atoms with van der Waals surface area (Å²) >= 11 is 0. The van der Waals surface area contributed by atoms with Gasteiger partial charge in [-0.25, -0.2) is 4.79 Å². The molecule has 6 heteroatoms. The highest BCUT2D eigenvalue weighted by atomic mass is 16.2. The van der Waals surface area contributed by atoms with Crippen LogP contribution in [0.25, 0.3) is 5.57 Å². The van der Waals surface area contributed by atoms with Gasteiger partial charge in [-0.05, 0) is 36.9 Å². The molecule has 3 N–H and O–H groups in total. The standard InChI is InChI=1S/C20H28N4O2/c21-19(25)18-7-4-11-23(15-18)14-10-22-20(26)24-12-8-17(9-13-24)16-5-2-1-3-6-16/h1-3,5-6,8,18H,4,7,9-15H2,(H2,21,25)(H,22,26)/t18-/m1/s1. The number of nitrogens with zero attached hydrogens (tertiary/aromatic N) is 2. The molecule has 1 aromatic rings. The Labute approximate surface area is 155 Å². The van der Waals surface area contributed by atoms with Gasteiger partial charge < -0.3 is 20.9 Å². The van der Waals surface area contributed by atoms with E-state index in [0.29, 0.717) is 19.6 Å². The van der Waals surface area contributed by atoms with Crippen molar-refractivity contribution in [2.75, 3.05) is 39.3 Å². The number of nitrogens with two attached hydrogens (primary N) is 1. The van der Waals surface area contributed by atoms with E-state index in [1.165, 1.54) is 11.1 Å². The smallest absolute Gasteiger partial charge is 0.317 e. The summed E-state index contributed by atoms with van der Waals surface area (Å²) in [6.45, 7) is 4.40. The second kappa shape index (κ2) is 8.85. The first-order valence-corrected chi connectivity index (χ1v) is 9.42. The number of likely N-dealkylation sites (tertiary alicyclic amines) is 1. The fraction of sp³-hybridized carbons (Fsp3) is 0.500. The average Bonchev–Trinajstić information content (AvgIpc) is 2.69. The first-order valence-electron chi connectivity index (χ1n) is 9.42. The Morgan fingerprint density at radius 3 is 2.69 bits per heavy atom. The quantitative estimate of drug-likeness (QED) is 0.843. The minimum Gasteiger partial charge on any atom is -0.369 e. The number of amides is 3. The van der Waals surface area contributed by atoms with Crippen molar-refractivity contribution >= 4 is 17.5 Å². The van der Waals surface area contributed by atoms with Gasteiger partial charge in [-0.1, -0.05) is 36.4 Å². The number of urea groups is 1. The third kappa shape index (κ3) is 4.85. The maximum absolute atomic E-state index is 12.3. The highest BCUT2D eigenvalue weighted by Gasteiger charge is 2.24. The summed E-state index contributed by atoms with van der Waals surface area (Å²) in [5.41, 5.74) is 7.95. The van der Waals surface area contributed by atoms with Gasteiger partial charge in [0, 0.05) is 32.7 Å². The Balaban J connectivity index is 1.41. The van der Waals surface area contributed by atoms with Crippen molar-refractivity contribution in [3.05, 3.63) is 42.0 Å². The van der Waals surface area contributed by atoms with Gasteiger partial charge in [-0.15, -0.1) is 0 Å². The van der Waals surface area contributed by atoms with Gasteiger partial charge in [0.05, 0.1) is 5.92 Å². The van der Waals surface area contributed by atoms with Gasteiger partial charge in [0.1, 0.15) is 0 Å². The molecule has 0 radical (unpaired) electrons. The lowest BCUT2D eigenvalue weighted by molar-refractivity contribution is -0.123. The average molecular weight is 356 g/mol. The first kappa shape index (κ1) is 18.5. The van der Waals surface area contributed by atoms with E-state index < -0.39 is 0 Å². The molecule has 1 aromatic carbocycles. The molecule has 0 aliphatic carbocycles. The zero-order valence-corrected chi connectivity index (χ0v) is 15.2. The molecular formula is C20H28N4O2. The van der Waals surface area contributed by atoms with Crippen LogP contribution in [0, 0.1) is 5.92 Å². The highest BCUT2D eigenvalue weighted by Crippen LogP contribution is 2.22. The van der Waals surface area contributed by atoms with Crippen molar-refractivity contribution in [1.82, 2.24) is 15.1 Å². The molecule has 1 saturated heterocycles. The summed E-state index contributed by atoms with van der Waals surface area (Å²) in [4.78, 5) is 27.7. The summed E-state index contributed by atoms with van der Waals surface area (Å²) in [5.74, 6) is -0.267. The Hall–Kier alpha value is -2.34. The normalized spacial score (nSPS) is 21.2. The fourth-order valence-corrected chi connectivity index (χ4v) is 3.69. The van der Waals surface area contributed by atoms with E-state index in [1.807, 2.05) is 23.1 Å². The largest absolute Gasteiger partial charge is 0.369 e. The summed E-state index contributed by atoms with van der Waals surface area (Å²) < 4.78 is 0. The summed E-state index contributed by atoms with van der Waals surface area (Å²) in [6.07, 6.45) is 4.88. The van der Waals surface area contributed by atoms with E-state index in [2.05, 4.69) is 28.4 Å². The van der Waals surface area contributed by atoms with Crippen molar-refractivity contribution in [2.45, 2.75) is 19.3 Å². The van der Waals surface area contributed by atoms with Crippen LogP contribution in [-0.2, 0) is 4.79 Å². The lowest BCUT2D eigenvalue weighted by Crippen LogP contribution is -2.47. The SMILES string of the molecule is NC(=O)[C@@H]1CCCN(CCNC(=O)N2CC=C(c3ccccc3)CC2)C1. The Kier molecular flexibility index (Phi) is 6.28. The summed E-state index contributed by atoms with van der Waals surface area (Å²) in [5, 5.41) is 3.00. The second-order valence-corrected chi connectivity index (χ2v) is 7.07. The predicted molar refractivity (Wildman–Crippen MR) is 102 cm³/mol. The number of nitrogens with one attached hydrogen (secondary N) is 1. The van der Waals surface area contributed by atoms with E-state index in [0.717, 1.165) is 38.9 Å². The van der Waals surface area contributed by atoms with Crippen LogP contribution in [0.4, 0.5) is 4.79 Å². The lowest BCUT2D eigenvalue weighted by atomic mass is 9.97. The molecule has 0 aromatic heterocycles. The van der Waals surface area contributed by atoms with E-state index >= 15 is 0 Å². The molecule has 0 saturated carbocycles. The van der Waals surface area contributed by atoms with Crippen molar-refractivity contribution in [1.29, 1.82) is 0 Å². The van der Waals surface area contributed by atoms with Crippen molar-refractivity contribution in [3.8, 4) is 0 Å². The molecule has 1 fully saturated rings. The minimum atomic E-state index is -0.215. The number of carbonyl (C=O) groups excluding carboxylic acids is 2. The molecule has 140 valence electrons. The third-order valence-corrected chi connectivity index (χ3v) is 5.25. The van der Waals surface area contributed by atoms with Crippen molar-refractivity contribution < 1.29 is 9.59 Å². The first-order chi connectivity index (χ1) is 12.6. The molecule has 26 heavy (non-hydrogen) atoms. The number of carbonyl (C=O) groups is 2. The molecule has 6 nitrogen and oxygen atoms in total. The Morgan fingerprint density at radius 1 is 1.19 bits per heavy atom. The van der Waals surface area contributed by atoms with E-state index in [4.69, 9.17) is 5.73 Å². The Morgan fingerprint density at radius 2 is 2.00 bits per heavy atom. The molecule has 2 aliphatic rings. The monoisotopic (exact) mass is 356 g/mol. The zero-order valence-electron chi connectivity index (χ0n) is 15.2. The molecule has 0 spiro atoms. The van der Waals surface area contributed by atoms with Crippen LogP contribution in [0.15, 0.2) is 36.4 Å². The van der Waals surface area contributed by atoms with Gasteiger partial charge in [0.15, 0.2) is 0 Å². The van der Waals surface area contributed by atoms with Crippen LogP contribution in [0.3, 0.4) is 0 Å². The van der Waals surface area contributed by atoms with Gasteiger partial charge in [0.25, 0.3) is 0 Å². The number of hydrogen-bond donors (Lipinski definition) is 2. The van der Waals surface area contributed by atoms with E-state index in [1.54, 1.807) is 0 Å². The topological polar surface area (TPSA) is 78.7 Å². The van der Waals surface area contributed by atoms with Crippen molar-refractivity contribution in [2.24, 2.45) is 11.7 Å². The van der Waals surface area contributed by atoms with Crippen molar-refractivity contribution in [3.63, 3.8) is 0 Å². The number of benzene rings is 1. The van der Waals surface area contributed by atoms with Gasteiger partial charge in [-0.3, -0.25) is 4.79 Å². The van der Waals surface area contributed by atoms with Gasteiger partial charge >= 0.3 is 6.03 Å². The maximum atomic E-state index is 12.3. The van der Waals surface area contributed by atoms with Crippen LogP contribution in [0.2, 0.25) is 0 Å². The maximum Gasteiger partial charge on any atom is 0.317 e. The van der Waals surface area contributed by atoms with Crippen LogP contribution in [0.5, 0.6) is 0 Å². The van der Waals surface area contributed by atoms with Gasteiger partial charge in [0.2, 0.25) is 5.91 Å². The molecule has 2 heterocycles. The van der Waals surface area contributed by atoms with Crippen LogP contribution < -0.4 is 11.1 Å². The molecule has 0 unspecified atom stereocenters. The number of primary amides is 1. The zero-order chi connectivity index (χ0) is 18.4. The summed E-state index contributed by atoms with van der Waals surface area (Å²) in [7, 11) is 0. The second-order valence-electron chi connectivity index (χ2n) is 7.07. The van der Waals surface area contributed by atoms with Gasteiger partial charge in [-0.2, -0.15) is 0 Å². The molecule has 1 atom stereocenters. The minimum absolute atomic E-state index is 0.0168. The summed E-state index contributed by atoms with van der Waals surface area (Å²) in [6, 6.07) is 10.3. The highest BCUT2D eigenvalue weighted by molar-refractivity contribution is 5.77. The molecule has 3 amide bonds. The van der Waals surface area contributed by atoms with E-state index in [9.17, 15) is 9.59 Å². The number of hydrogen-bond acceptors (Lipinski definition) is 3. The third-order valence-electron chi connectivity index (χ3n) is 5.25. The fourth-order valence-electron chi connectivity index (χ4n) is 3.69. The van der Waals surface area contributed by atoms with Crippen LogP contribution >= 0.6 is 0 Å². The van der Waals surface area contributed by atoms with Crippen LogP contribution in [0.1, 0.15) is 24.8 Å². The predicted octanol–water partition coefficient (Wildman–Crippen LogP) is 1.68. The number of rotatable bonds is 5.